The van der Waals surface area contributed by atoms with E-state index in [4.69, 9.17) is 20.4 Å². The summed E-state index contributed by atoms with van der Waals surface area (Å²) in [7, 11) is 0. The van der Waals surface area contributed by atoms with Crippen LogP contribution in [0.15, 0.2) is 0 Å². The number of carbonyl (C=O) groups is 2. The number of unbranched alkanes of at least 4 members (excludes halogenated alkanes) is 2. The summed E-state index contributed by atoms with van der Waals surface area (Å²) < 4.78 is 0. The van der Waals surface area contributed by atoms with Gasteiger partial charge in [-0.05, 0) is 51.6 Å². The van der Waals surface area contributed by atoms with Crippen molar-refractivity contribution in [3.63, 3.8) is 0 Å². The van der Waals surface area contributed by atoms with Gasteiger partial charge in [0.05, 0.1) is 26.4 Å². The first-order valence-electron chi connectivity index (χ1n) is 11.0. The van der Waals surface area contributed by atoms with Gasteiger partial charge in [0.1, 0.15) is 12.1 Å². The Hall–Kier alpha value is -1.30. The van der Waals surface area contributed by atoms with E-state index in [1.165, 1.54) is 0 Å². The Balaban J connectivity index is 2.26. The number of piperazine rings is 1. The maximum absolute atomic E-state index is 12.3. The molecule has 176 valence electrons. The third-order valence-electron chi connectivity index (χ3n) is 5.37. The molecule has 0 spiro atoms. The first kappa shape index (κ1) is 26.7. The zero-order valence-electron chi connectivity index (χ0n) is 18.0. The molecule has 1 fully saturated rings. The maximum atomic E-state index is 12.3. The molecular formula is C20H40N4O6. The molecule has 1 aliphatic heterocycles. The van der Waals surface area contributed by atoms with Gasteiger partial charge in [-0.1, -0.05) is 0 Å². The first-order chi connectivity index (χ1) is 14.5. The Labute approximate surface area is 179 Å². The molecule has 1 aliphatic rings. The number of nitrogens with zero attached hydrogens (tertiary/aromatic N) is 2. The Morgan fingerprint density at radius 2 is 0.900 bits per heavy atom. The van der Waals surface area contributed by atoms with Crippen molar-refractivity contribution in [2.45, 2.75) is 50.6 Å². The van der Waals surface area contributed by atoms with Gasteiger partial charge in [-0.2, -0.15) is 0 Å². The van der Waals surface area contributed by atoms with E-state index in [1.54, 1.807) is 0 Å². The zero-order valence-corrected chi connectivity index (χ0v) is 18.0. The summed E-state index contributed by atoms with van der Waals surface area (Å²) in [4.78, 5) is 28.6. The molecule has 0 saturated carbocycles. The van der Waals surface area contributed by atoms with E-state index in [0.29, 0.717) is 39.0 Å². The summed E-state index contributed by atoms with van der Waals surface area (Å²) in [5, 5.41) is 41.7. The van der Waals surface area contributed by atoms with Gasteiger partial charge in [0.25, 0.3) is 0 Å². The van der Waals surface area contributed by atoms with E-state index in [0.717, 1.165) is 38.8 Å². The van der Waals surface area contributed by atoms with E-state index in [1.807, 2.05) is 9.80 Å². The number of hydrogen-bond acceptors (Lipinski definition) is 8. The largest absolute Gasteiger partial charge is 0.395 e. The molecule has 0 aromatic rings. The summed E-state index contributed by atoms with van der Waals surface area (Å²) in [5.41, 5.74) is 0. The minimum Gasteiger partial charge on any atom is -0.395 e. The van der Waals surface area contributed by atoms with Crippen molar-refractivity contribution < 1.29 is 30.0 Å². The highest BCUT2D eigenvalue weighted by molar-refractivity contribution is 5.96. The highest BCUT2D eigenvalue weighted by Crippen LogP contribution is 2.11. The molecule has 6 N–H and O–H groups in total. The molecule has 1 saturated heterocycles. The topological polar surface area (TPSA) is 146 Å². The second kappa shape index (κ2) is 16.4. The van der Waals surface area contributed by atoms with E-state index in [2.05, 4.69) is 10.6 Å². The molecule has 2 amide bonds. The summed E-state index contributed by atoms with van der Waals surface area (Å²) in [5.74, 6) is -0.297. The summed E-state index contributed by atoms with van der Waals surface area (Å²) in [6, 6.07) is -1.02. The van der Waals surface area contributed by atoms with Crippen LogP contribution in [0.4, 0.5) is 0 Å². The zero-order chi connectivity index (χ0) is 22.2. The standard InChI is InChI=1S/C20H40N4O6/c25-13-9-23(10-14-26)7-3-1-5-17-19(29)22-18(20(30)21-17)6-2-4-8-24(11-15-27)12-16-28/h17-18,25-28H,1-16H2,(H,21,30)(H,22,29)/t17-,18-/m0/s1. The van der Waals surface area contributed by atoms with Crippen LogP contribution in [0.2, 0.25) is 0 Å². The molecule has 0 bridgehead atoms. The van der Waals surface area contributed by atoms with Gasteiger partial charge in [-0.3, -0.25) is 19.4 Å². The van der Waals surface area contributed by atoms with Gasteiger partial charge in [0.15, 0.2) is 0 Å². The number of hydrogen-bond donors (Lipinski definition) is 6. The Bertz CT molecular complexity index is 428. The average molecular weight is 433 g/mol. The van der Waals surface area contributed by atoms with Crippen LogP contribution in [0.3, 0.4) is 0 Å². The Morgan fingerprint density at radius 3 is 1.20 bits per heavy atom. The van der Waals surface area contributed by atoms with E-state index in [9.17, 15) is 9.59 Å². The normalized spacial score (nSPS) is 19.4. The molecular weight excluding hydrogens is 392 g/mol. The van der Waals surface area contributed by atoms with Crippen LogP contribution in [0.25, 0.3) is 0 Å². The molecule has 0 aromatic carbocycles. The van der Waals surface area contributed by atoms with Crippen molar-refractivity contribution in [1.82, 2.24) is 20.4 Å². The number of aliphatic hydroxyl groups excluding tert-OH is 4. The highest BCUT2D eigenvalue weighted by atomic mass is 16.3. The van der Waals surface area contributed by atoms with Crippen LogP contribution in [0, 0.1) is 0 Å². The summed E-state index contributed by atoms with van der Waals surface area (Å²) >= 11 is 0. The van der Waals surface area contributed by atoms with Crippen molar-refractivity contribution in [3.05, 3.63) is 0 Å². The number of nitrogens with one attached hydrogen (secondary N) is 2. The predicted octanol–water partition coefficient (Wildman–Crippen LogP) is -2.12. The lowest BCUT2D eigenvalue weighted by molar-refractivity contribution is -0.137. The van der Waals surface area contributed by atoms with Crippen molar-refractivity contribution in [3.8, 4) is 0 Å². The molecule has 0 radical (unpaired) electrons. The Kier molecular flexibility index (Phi) is 14.6. The highest BCUT2D eigenvalue weighted by Gasteiger charge is 2.32. The number of aliphatic hydroxyl groups is 4. The molecule has 10 nitrogen and oxygen atoms in total. The molecule has 1 rings (SSSR count). The molecule has 0 unspecified atom stereocenters. The fraction of sp³-hybridized carbons (Fsp3) is 0.900. The summed E-state index contributed by atoms with van der Waals surface area (Å²) in [6.07, 6.45) is 4.30. The molecule has 30 heavy (non-hydrogen) atoms. The van der Waals surface area contributed by atoms with Crippen LogP contribution in [-0.4, -0.2) is 120 Å². The van der Waals surface area contributed by atoms with E-state index >= 15 is 0 Å². The number of carbonyl (C=O) groups excluding carboxylic acids is 2. The molecule has 0 aliphatic carbocycles. The first-order valence-corrected chi connectivity index (χ1v) is 11.0. The van der Waals surface area contributed by atoms with Crippen LogP contribution in [0.1, 0.15) is 38.5 Å². The van der Waals surface area contributed by atoms with Crippen LogP contribution in [-0.2, 0) is 9.59 Å². The number of rotatable bonds is 18. The lowest BCUT2D eigenvalue weighted by Crippen LogP contribution is -2.61. The predicted molar refractivity (Wildman–Crippen MR) is 113 cm³/mol. The number of amides is 2. The second-order valence-electron chi connectivity index (χ2n) is 7.69. The maximum Gasteiger partial charge on any atom is 0.243 e. The quantitative estimate of drug-likeness (QED) is 0.135. The van der Waals surface area contributed by atoms with Crippen molar-refractivity contribution in [2.24, 2.45) is 0 Å². The SMILES string of the molecule is O=C1N[C@@H](CCCCN(CCO)CCO)C(=O)N[C@H]1CCCCN(CCO)CCO. The fourth-order valence-corrected chi connectivity index (χ4v) is 3.69. The monoisotopic (exact) mass is 432 g/mol. The lowest BCUT2D eigenvalue weighted by Gasteiger charge is -2.30. The van der Waals surface area contributed by atoms with Gasteiger partial charge in [-0.25, -0.2) is 0 Å². The second-order valence-corrected chi connectivity index (χ2v) is 7.69. The van der Waals surface area contributed by atoms with E-state index < -0.39 is 12.1 Å². The van der Waals surface area contributed by atoms with Crippen molar-refractivity contribution >= 4 is 11.8 Å². The van der Waals surface area contributed by atoms with E-state index in [-0.39, 0.29) is 38.2 Å². The lowest BCUT2D eigenvalue weighted by atomic mass is 10.0. The fourth-order valence-electron chi connectivity index (χ4n) is 3.69. The van der Waals surface area contributed by atoms with Crippen molar-refractivity contribution in [2.75, 3.05) is 65.7 Å². The Morgan fingerprint density at radius 1 is 0.567 bits per heavy atom. The third-order valence-corrected chi connectivity index (χ3v) is 5.37. The van der Waals surface area contributed by atoms with Gasteiger partial charge < -0.3 is 31.1 Å². The molecule has 10 heteroatoms. The minimum absolute atomic E-state index is 0.0450. The van der Waals surface area contributed by atoms with Gasteiger partial charge in [-0.15, -0.1) is 0 Å². The smallest absolute Gasteiger partial charge is 0.243 e. The average Bonchev–Trinajstić information content (AvgIpc) is 2.71. The van der Waals surface area contributed by atoms with Crippen LogP contribution >= 0.6 is 0 Å². The summed E-state index contributed by atoms with van der Waals surface area (Å²) in [6.45, 7) is 3.70. The van der Waals surface area contributed by atoms with Gasteiger partial charge in [0, 0.05) is 26.2 Å². The molecule has 2 atom stereocenters. The van der Waals surface area contributed by atoms with Gasteiger partial charge >= 0.3 is 0 Å². The minimum atomic E-state index is -0.512. The van der Waals surface area contributed by atoms with Gasteiger partial charge in [0.2, 0.25) is 11.8 Å². The van der Waals surface area contributed by atoms with Crippen molar-refractivity contribution in [1.29, 1.82) is 0 Å². The molecule has 0 aromatic heterocycles. The van der Waals surface area contributed by atoms with Crippen LogP contribution < -0.4 is 10.6 Å². The molecule has 1 heterocycles. The third kappa shape index (κ3) is 10.6. The van der Waals surface area contributed by atoms with Crippen LogP contribution in [0.5, 0.6) is 0 Å².